The predicted octanol–water partition coefficient (Wildman–Crippen LogP) is 1.19. The first-order chi connectivity index (χ1) is 7.11. The molecule has 0 bridgehead atoms. The molecule has 0 heterocycles. The monoisotopic (exact) mass is 215 g/mol. The van der Waals surface area contributed by atoms with E-state index >= 15 is 0 Å². The average molecular weight is 215 g/mol. The number of esters is 1. The van der Waals surface area contributed by atoms with Crippen molar-refractivity contribution in [2.45, 2.75) is 12.8 Å². The van der Waals surface area contributed by atoms with Crippen LogP contribution in [0.25, 0.3) is 0 Å². The quantitative estimate of drug-likeness (QED) is 0.493. The maximum absolute atomic E-state index is 11.2. The van der Waals surface area contributed by atoms with Crippen LogP contribution in [-0.4, -0.2) is 44.3 Å². The van der Waals surface area contributed by atoms with Crippen LogP contribution in [0, 0.1) is 0 Å². The van der Waals surface area contributed by atoms with Gasteiger partial charge >= 0.3 is 12.1 Å². The highest BCUT2D eigenvalue weighted by atomic mass is 16.6. The molecular formula is C10H17NO4. The highest BCUT2D eigenvalue weighted by Crippen LogP contribution is 1.97. The normalized spacial score (nSPS) is 9.20. The molecule has 0 aromatic heterocycles. The molecule has 0 atom stereocenters. The number of rotatable bonds is 6. The second-order valence-corrected chi connectivity index (χ2v) is 2.97. The molecule has 0 aromatic carbocycles. The van der Waals surface area contributed by atoms with E-state index in [0.29, 0.717) is 19.4 Å². The van der Waals surface area contributed by atoms with Gasteiger partial charge in [-0.3, -0.25) is 4.79 Å². The molecule has 0 aliphatic rings. The highest BCUT2D eigenvalue weighted by molar-refractivity contribution is 5.69. The van der Waals surface area contributed by atoms with Gasteiger partial charge in [0.1, 0.15) is 6.61 Å². The van der Waals surface area contributed by atoms with Crippen molar-refractivity contribution in [2.24, 2.45) is 0 Å². The van der Waals surface area contributed by atoms with Gasteiger partial charge in [-0.15, -0.1) is 0 Å². The van der Waals surface area contributed by atoms with Gasteiger partial charge in [0, 0.05) is 20.0 Å². The average Bonchev–Trinajstić information content (AvgIpc) is 2.25. The van der Waals surface area contributed by atoms with Gasteiger partial charge in [0.25, 0.3) is 0 Å². The summed E-state index contributed by atoms with van der Waals surface area (Å²) in [4.78, 5) is 23.4. The first-order valence-electron chi connectivity index (χ1n) is 4.67. The summed E-state index contributed by atoms with van der Waals surface area (Å²) in [5, 5.41) is 0. The van der Waals surface area contributed by atoms with Gasteiger partial charge in [0.15, 0.2) is 0 Å². The van der Waals surface area contributed by atoms with E-state index in [1.807, 2.05) is 0 Å². The highest BCUT2D eigenvalue weighted by Gasteiger charge is 2.09. The van der Waals surface area contributed by atoms with Crippen LogP contribution in [0.5, 0.6) is 0 Å². The van der Waals surface area contributed by atoms with Crippen molar-refractivity contribution in [2.75, 3.05) is 27.3 Å². The molecule has 0 aromatic rings. The second-order valence-electron chi connectivity index (χ2n) is 2.97. The summed E-state index contributed by atoms with van der Waals surface area (Å²) in [5.41, 5.74) is 0. The second kappa shape index (κ2) is 7.84. The van der Waals surface area contributed by atoms with E-state index in [1.165, 1.54) is 18.1 Å². The summed E-state index contributed by atoms with van der Waals surface area (Å²) in [5.74, 6) is -0.275. The number of methoxy groups -OCH3 is 1. The minimum absolute atomic E-state index is 0.195. The Labute approximate surface area is 89.6 Å². The zero-order valence-corrected chi connectivity index (χ0v) is 9.19. The number of ether oxygens (including phenoxy) is 2. The van der Waals surface area contributed by atoms with Gasteiger partial charge in [-0.25, -0.2) is 4.79 Å². The van der Waals surface area contributed by atoms with Crippen LogP contribution in [0.2, 0.25) is 0 Å². The van der Waals surface area contributed by atoms with E-state index in [-0.39, 0.29) is 12.6 Å². The maximum atomic E-state index is 11.2. The summed E-state index contributed by atoms with van der Waals surface area (Å²) in [6.45, 7) is 4.09. The molecule has 0 N–H and O–H groups in total. The van der Waals surface area contributed by atoms with Gasteiger partial charge in [0.2, 0.25) is 0 Å². The van der Waals surface area contributed by atoms with Crippen molar-refractivity contribution in [3.63, 3.8) is 0 Å². The number of amides is 1. The predicted molar refractivity (Wildman–Crippen MR) is 55.4 cm³/mol. The van der Waals surface area contributed by atoms with Crippen LogP contribution in [0.4, 0.5) is 4.79 Å². The van der Waals surface area contributed by atoms with Crippen LogP contribution in [0.15, 0.2) is 12.7 Å². The third kappa shape index (κ3) is 6.54. The van der Waals surface area contributed by atoms with E-state index in [4.69, 9.17) is 4.74 Å². The van der Waals surface area contributed by atoms with E-state index in [2.05, 4.69) is 11.3 Å². The van der Waals surface area contributed by atoms with Gasteiger partial charge in [-0.1, -0.05) is 12.7 Å². The Morgan fingerprint density at radius 2 is 2.13 bits per heavy atom. The minimum atomic E-state index is -0.417. The van der Waals surface area contributed by atoms with Crippen molar-refractivity contribution < 1.29 is 19.1 Å². The zero-order valence-electron chi connectivity index (χ0n) is 9.19. The standard InChI is InChI=1S/C10H17NO4/c1-4-8-15-10(13)11(2)7-5-6-9(12)14-3/h4H,1,5-8H2,2-3H3. The molecule has 0 aliphatic heterocycles. The molecule has 0 radical (unpaired) electrons. The SMILES string of the molecule is C=CCOC(=O)N(C)CCCC(=O)OC. The zero-order chi connectivity index (χ0) is 11.7. The van der Waals surface area contributed by atoms with Crippen LogP contribution in [-0.2, 0) is 14.3 Å². The van der Waals surface area contributed by atoms with Crippen LogP contribution in [0.3, 0.4) is 0 Å². The lowest BCUT2D eigenvalue weighted by atomic mass is 10.3. The summed E-state index contributed by atoms with van der Waals surface area (Å²) in [6, 6.07) is 0. The van der Waals surface area contributed by atoms with Gasteiger partial charge < -0.3 is 14.4 Å². The Balaban J connectivity index is 3.63. The molecule has 0 unspecified atom stereocenters. The molecule has 0 rings (SSSR count). The Kier molecular flexibility index (Phi) is 7.05. The molecule has 0 fully saturated rings. The molecule has 15 heavy (non-hydrogen) atoms. The lowest BCUT2D eigenvalue weighted by Gasteiger charge is -2.15. The third-order valence-electron chi connectivity index (χ3n) is 1.74. The lowest BCUT2D eigenvalue weighted by Crippen LogP contribution is -2.28. The summed E-state index contributed by atoms with van der Waals surface area (Å²) in [6.07, 6.45) is 1.95. The molecule has 86 valence electrons. The molecule has 1 amide bonds. The Morgan fingerprint density at radius 3 is 2.67 bits per heavy atom. The Hall–Kier alpha value is -1.52. The van der Waals surface area contributed by atoms with Crippen LogP contribution in [0.1, 0.15) is 12.8 Å². The fraction of sp³-hybridized carbons (Fsp3) is 0.600. The van der Waals surface area contributed by atoms with E-state index in [0.717, 1.165) is 0 Å². The number of hydrogen-bond donors (Lipinski definition) is 0. The van der Waals surface area contributed by atoms with Gasteiger partial charge in [0.05, 0.1) is 7.11 Å². The third-order valence-corrected chi connectivity index (χ3v) is 1.74. The first-order valence-corrected chi connectivity index (χ1v) is 4.67. The maximum Gasteiger partial charge on any atom is 0.409 e. The summed E-state index contributed by atoms with van der Waals surface area (Å²) >= 11 is 0. The molecule has 5 nitrogen and oxygen atoms in total. The molecular weight excluding hydrogens is 198 g/mol. The van der Waals surface area contributed by atoms with Crippen molar-refractivity contribution in [1.82, 2.24) is 4.90 Å². The smallest absolute Gasteiger partial charge is 0.409 e. The van der Waals surface area contributed by atoms with Gasteiger partial charge in [-0.05, 0) is 6.42 Å². The Bertz CT molecular complexity index is 227. The first kappa shape index (κ1) is 13.5. The van der Waals surface area contributed by atoms with E-state index in [9.17, 15) is 9.59 Å². The number of hydrogen-bond acceptors (Lipinski definition) is 4. The van der Waals surface area contributed by atoms with E-state index < -0.39 is 6.09 Å². The van der Waals surface area contributed by atoms with Gasteiger partial charge in [-0.2, -0.15) is 0 Å². The minimum Gasteiger partial charge on any atom is -0.469 e. The molecule has 0 saturated carbocycles. The lowest BCUT2D eigenvalue weighted by molar-refractivity contribution is -0.140. The molecule has 5 heteroatoms. The molecule has 0 aliphatic carbocycles. The fourth-order valence-electron chi connectivity index (χ4n) is 0.894. The number of carbonyl (C=O) groups excluding carboxylic acids is 2. The summed E-state index contributed by atoms with van der Waals surface area (Å²) < 4.78 is 9.26. The van der Waals surface area contributed by atoms with E-state index in [1.54, 1.807) is 7.05 Å². The summed E-state index contributed by atoms with van der Waals surface area (Å²) in [7, 11) is 2.95. The Morgan fingerprint density at radius 1 is 1.47 bits per heavy atom. The molecule has 0 spiro atoms. The fourth-order valence-corrected chi connectivity index (χ4v) is 0.894. The van der Waals surface area contributed by atoms with Crippen molar-refractivity contribution in [3.05, 3.63) is 12.7 Å². The topological polar surface area (TPSA) is 55.8 Å². The molecule has 0 saturated heterocycles. The van der Waals surface area contributed by atoms with Crippen molar-refractivity contribution in [1.29, 1.82) is 0 Å². The largest absolute Gasteiger partial charge is 0.469 e. The van der Waals surface area contributed by atoms with Crippen LogP contribution < -0.4 is 0 Å². The number of carbonyl (C=O) groups is 2. The number of nitrogens with zero attached hydrogens (tertiary/aromatic N) is 1. The van der Waals surface area contributed by atoms with Crippen molar-refractivity contribution >= 4 is 12.1 Å². The van der Waals surface area contributed by atoms with Crippen LogP contribution >= 0.6 is 0 Å². The van der Waals surface area contributed by atoms with Crippen molar-refractivity contribution in [3.8, 4) is 0 Å².